The quantitative estimate of drug-likeness (QED) is 0.0553. The molecular weight excluding hydrogens is 643 g/mol. The third kappa shape index (κ3) is 5.91. The third-order valence-corrected chi connectivity index (χ3v) is 8.42. The van der Waals surface area contributed by atoms with Gasteiger partial charge in [0.1, 0.15) is 0 Å². The number of alkyl halides is 1. The Hall–Kier alpha value is -4.34. The maximum atomic E-state index is 13.4. The molecule has 4 heterocycles. The summed E-state index contributed by atoms with van der Waals surface area (Å²) in [4.78, 5) is 66.2. The Labute approximate surface area is 245 Å². The zero-order valence-corrected chi connectivity index (χ0v) is 24.6. The standard InChI is InChI=1S/C27H28IN8O5/c1-3-28-27(40)31-15-20-32-16-36(33-20)24-22-21(19(41-2)14-30-24)18(13-29-22)23(37)26(39)35-11-9-34(10-12-35)25(38)17-7-5-4-6-8-17/h4-8,13-14,16,29H,3,9-12,15H2,1-2H3,(H,31,40)/q-1. The molecule has 0 saturated carbocycles. The van der Waals surface area contributed by atoms with E-state index in [1.165, 1.54) is 35.4 Å². The number of Topliss-reactive ketones (excluding diaryl/α,β-unsaturated/α-hetero) is 1. The number of nitrogens with zero attached hydrogens (tertiary/aromatic N) is 6. The molecule has 5 rings (SSSR count). The number of hydrogen-bond donors (Lipinski definition) is 2. The minimum absolute atomic E-state index is 0.0222. The van der Waals surface area contributed by atoms with Crippen molar-refractivity contribution in [3.05, 3.63) is 66.0 Å². The van der Waals surface area contributed by atoms with E-state index in [-0.39, 0.29) is 35.0 Å². The van der Waals surface area contributed by atoms with E-state index in [1.54, 1.807) is 29.2 Å². The maximum absolute atomic E-state index is 13.4. The van der Waals surface area contributed by atoms with Crippen molar-refractivity contribution in [2.75, 3.05) is 37.7 Å². The second kappa shape index (κ2) is 12.4. The van der Waals surface area contributed by atoms with Crippen molar-refractivity contribution in [3.63, 3.8) is 0 Å². The fourth-order valence-corrected chi connectivity index (χ4v) is 5.70. The molecule has 1 aliphatic heterocycles. The molecule has 0 aliphatic carbocycles. The van der Waals surface area contributed by atoms with Crippen LogP contribution in [0.25, 0.3) is 16.7 Å². The van der Waals surface area contributed by atoms with Gasteiger partial charge in [-0.2, -0.15) is 0 Å². The number of carbonyl (C=O) groups excluding carboxylic acids is 4. The predicted molar refractivity (Wildman–Crippen MR) is 144 cm³/mol. The van der Waals surface area contributed by atoms with Crippen LogP contribution in [0.1, 0.15) is 33.5 Å². The number of piperazine rings is 1. The van der Waals surface area contributed by atoms with Gasteiger partial charge in [-0.1, -0.05) is 18.2 Å². The molecule has 0 bridgehead atoms. The number of ether oxygens (including phenoxy) is 1. The topological polar surface area (TPSA) is 155 Å². The Kier molecular flexibility index (Phi) is 8.56. The number of fused-ring (bicyclic) bond motifs is 1. The first kappa shape index (κ1) is 28.2. The van der Waals surface area contributed by atoms with E-state index in [1.807, 2.05) is 13.0 Å². The summed E-state index contributed by atoms with van der Waals surface area (Å²) in [6.45, 7) is 3.30. The number of pyridine rings is 1. The molecule has 41 heavy (non-hydrogen) atoms. The fourth-order valence-electron chi connectivity index (χ4n) is 4.54. The van der Waals surface area contributed by atoms with Crippen molar-refractivity contribution < 1.29 is 45.1 Å². The normalized spacial score (nSPS) is 13.4. The molecule has 13 nitrogen and oxygen atoms in total. The molecule has 3 aromatic heterocycles. The first-order valence-corrected chi connectivity index (χ1v) is 15.5. The average molecular weight is 671 g/mol. The van der Waals surface area contributed by atoms with Gasteiger partial charge >= 0.3 is 159 Å². The Balaban J connectivity index is 1.33. The van der Waals surface area contributed by atoms with E-state index in [4.69, 9.17) is 4.74 Å². The summed E-state index contributed by atoms with van der Waals surface area (Å²) in [7, 11) is 1.46. The molecule has 0 spiro atoms. The number of ketones is 1. The minimum atomic E-state index is -0.698. The molecule has 2 N–H and O–H groups in total. The Morgan fingerprint density at radius 2 is 1.78 bits per heavy atom. The van der Waals surface area contributed by atoms with Crippen molar-refractivity contribution in [3.8, 4) is 11.6 Å². The molecule has 1 aliphatic rings. The van der Waals surface area contributed by atoms with Crippen LogP contribution in [0.3, 0.4) is 0 Å². The van der Waals surface area contributed by atoms with E-state index < -0.39 is 32.9 Å². The zero-order chi connectivity index (χ0) is 28.9. The fraction of sp³-hybridized carbons (Fsp3) is 0.296. The molecule has 4 aromatic rings. The van der Waals surface area contributed by atoms with E-state index >= 15 is 0 Å². The molecule has 1 saturated heterocycles. The SMILES string of the molecule is CC[I-]C(=O)NCc1ncn(-c2ncc(OC)c3c(C(=O)C(=O)N4CCN(C(=O)c5ccccc5)CC4)c[nH]c23)n1. The number of halogens is 1. The second-order valence-electron chi connectivity index (χ2n) is 9.02. The summed E-state index contributed by atoms with van der Waals surface area (Å²) in [6.07, 6.45) is 4.38. The Morgan fingerprint density at radius 3 is 2.49 bits per heavy atom. The van der Waals surface area contributed by atoms with Crippen LogP contribution in [0.5, 0.6) is 5.75 Å². The number of nitrogens with one attached hydrogen (secondary N) is 2. The van der Waals surface area contributed by atoms with Crippen LogP contribution in [-0.4, -0.2) is 93.8 Å². The van der Waals surface area contributed by atoms with Crippen LogP contribution in [-0.2, 0) is 11.3 Å². The van der Waals surface area contributed by atoms with Gasteiger partial charge in [0.25, 0.3) is 5.91 Å². The third-order valence-electron chi connectivity index (χ3n) is 6.58. The zero-order valence-electron chi connectivity index (χ0n) is 22.5. The van der Waals surface area contributed by atoms with Gasteiger partial charge in [0, 0.05) is 31.7 Å². The van der Waals surface area contributed by atoms with E-state index in [2.05, 4.69) is 25.4 Å². The number of rotatable bonds is 9. The van der Waals surface area contributed by atoms with Gasteiger partial charge in [-0.05, 0) is 12.1 Å². The molecule has 3 amide bonds. The van der Waals surface area contributed by atoms with Crippen LogP contribution in [0, 0.1) is 0 Å². The van der Waals surface area contributed by atoms with E-state index in [0.717, 1.165) is 4.43 Å². The van der Waals surface area contributed by atoms with E-state index in [9.17, 15) is 19.2 Å². The van der Waals surface area contributed by atoms with Crippen LogP contribution < -0.4 is 31.3 Å². The van der Waals surface area contributed by atoms with Crippen molar-refractivity contribution in [1.82, 2.24) is 39.8 Å². The van der Waals surface area contributed by atoms with Crippen LogP contribution >= 0.6 is 0 Å². The summed E-state index contributed by atoms with van der Waals surface area (Å²) < 4.78 is 7.78. The van der Waals surface area contributed by atoms with Crippen LogP contribution in [0.15, 0.2) is 49.1 Å². The van der Waals surface area contributed by atoms with Gasteiger partial charge in [-0.3, -0.25) is 9.59 Å². The van der Waals surface area contributed by atoms with Gasteiger partial charge in [0.2, 0.25) is 0 Å². The number of hydrogen-bond acceptors (Lipinski definition) is 8. The summed E-state index contributed by atoms with van der Waals surface area (Å²) in [5.74, 6) is -0.386. The first-order valence-electron chi connectivity index (χ1n) is 12.9. The first-order chi connectivity index (χ1) is 19.9. The molecule has 0 radical (unpaired) electrons. The van der Waals surface area contributed by atoms with Gasteiger partial charge in [0.15, 0.2) is 0 Å². The van der Waals surface area contributed by atoms with Crippen LogP contribution in [0.4, 0.5) is 4.79 Å². The van der Waals surface area contributed by atoms with Gasteiger partial charge < -0.3 is 9.80 Å². The van der Waals surface area contributed by atoms with Crippen molar-refractivity contribution in [1.29, 1.82) is 0 Å². The summed E-state index contributed by atoms with van der Waals surface area (Å²) in [5, 5.41) is 7.62. The number of aromatic amines is 1. The number of aromatic nitrogens is 5. The molecule has 0 atom stereocenters. The predicted octanol–water partition coefficient (Wildman–Crippen LogP) is -1.36. The summed E-state index contributed by atoms with van der Waals surface area (Å²) in [5.41, 5.74) is 1.17. The number of methoxy groups -OCH3 is 1. The summed E-state index contributed by atoms with van der Waals surface area (Å²) in [6, 6.07) is 8.96. The molecule has 214 valence electrons. The van der Waals surface area contributed by atoms with Crippen molar-refractivity contribution >= 4 is 32.4 Å². The number of amides is 3. The Bertz CT molecular complexity index is 1590. The van der Waals surface area contributed by atoms with Gasteiger partial charge in [-0.15, -0.1) is 0 Å². The van der Waals surface area contributed by atoms with Crippen LogP contribution in [0.2, 0.25) is 0 Å². The number of H-pyrrole nitrogens is 1. The second-order valence-corrected chi connectivity index (χ2v) is 12.3. The van der Waals surface area contributed by atoms with Crippen molar-refractivity contribution in [2.24, 2.45) is 0 Å². The van der Waals surface area contributed by atoms with Crippen molar-refractivity contribution in [2.45, 2.75) is 13.5 Å². The monoisotopic (exact) mass is 671 g/mol. The number of benzene rings is 1. The van der Waals surface area contributed by atoms with Gasteiger partial charge in [0.05, 0.1) is 0 Å². The molecule has 14 heteroatoms. The number of carbonyl (C=O) groups is 4. The van der Waals surface area contributed by atoms with E-state index in [0.29, 0.717) is 46.9 Å². The Morgan fingerprint density at radius 1 is 1.05 bits per heavy atom. The molecule has 1 fully saturated rings. The van der Waals surface area contributed by atoms with Gasteiger partial charge in [-0.25, -0.2) is 0 Å². The molecular formula is C27H28IN8O5-. The summed E-state index contributed by atoms with van der Waals surface area (Å²) >= 11 is -0.555. The molecule has 0 unspecified atom stereocenters. The molecule has 1 aromatic carbocycles. The average Bonchev–Trinajstić information content (AvgIpc) is 3.67.